The van der Waals surface area contributed by atoms with Crippen LogP contribution in [0.5, 0.6) is 0 Å². The maximum absolute atomic E-state index is 11.8. The predicted octanol–water partition coefficient (Wildman–Crippen LogP) is 5.73. The first-order valence-corrected chi connectivity index (χ1v) is 15.5. The van der Waals surface area contributed by atoms with Gasteiger partial charge in [0.2, 0.25) is 0 Å². The van der Waals surface area contributed by atoms with Crippen LogP contribution >= 0.6 is 0 Å². The zero-order chi connectivity index (χ0) is 32.2. The van der Waals surface area contributed by atoms with Crippen LogP contribution in [-0.4, -0.2) is 92.4 Å². The summed E-state index contributed by atoms with van der Waals surface area (Å²) >= 11 is 0. The molecule has 44 heavy (non-hydrogen) atoms. The normalized spacial score (nSPS) is 12.6. The molecular formula is C33H50N8O3. The van der Waals surface area contributed by atoms with Crippen molar-refractivity contribution in [2.24, 2.45) is 4.99 Å². The van der Waals surface area contributed by atoms with Crippen molar-refractivity contribution < 1.29 is 14.3 Å². The fraction of sp³-hybridized carbons (Fsp3) is 0.485. The molecule has 0 saturated carbocycles. The first kappa shape index (κ1) is 36.1. The summed E-state index contributed by atoms with van der Waals surface area (Å²) in [5.74, 6) is 0.562. The third kappa shape index (κ3) is 11.5. The Morgan fingerprint density at radius 2 is 1.73 bits per heavy atom. The second-order valence-corrected chi connectivity index (χ2v) is 9.68. The Kier molecular flexibility index (Phi) is 17.0. The average Bonchev–Trinajstić information content (AvgIpc) is 3.06. The molecule has 240 valence electrons. The van der Waals surface area contributed by atoms with E-state index in [9.17, 15) is 4.79 Å². The van der Waals surface area contributed by atoms with E-state index in [1.54, 1.807) is 25.4 Å². The summed E-state index contributed by atoms with van der Waals surface area (Å²) < 4.78 is 9.94. The van der Waals surface area contributed by atoms with Crippen molar-refractivity contribution in [3.8, 4) is 22.5 Å². The summed E-state index contributed by atoms with van der Waals surface area (Å²) in [5, 5.41) is 5.99. The molecule has 4 rings (SSSR count). The van der Waals surface area contributed by atoms with E-state index in [1.165, 1.54) is 0 Å². The second kappa shape index (κ2) is 20.8. The Hall–Kier alpha value is -4.09. The van der Waals surface area contributed by atoms with Crippen molar-refractivity contribution in [3.05, 3.63) is 54.6 Å². The SMILES string of the molecule is C=NCc1cc(-c2cncc(N3CCN(C)CC3)c2)cc(-c2ncccn2)c1NCNC(=O)OCC.CC.CCCOCC. The number of ether oxygens (including phenoxy) is 2. The number of anilines is 2. The van der Waals surface area contributed by atoms with Crippen molar-refractivity contribution in [1.82, 2.24) is 25.2 Å². The van der Waals surface area contributed by atoms with Gasteiger partial charge in [-0.15, -0.1) is 0 Å². The molecule has 3 heterocycles. The van der Waals surface area contributed by atoms with Crippen molar-refractivity contribution in [2.45, 2.75) is 47.6 Å². The average molecular weight is 607 g/mol. The molecule has 2 N–H and O–H groups in total. The van der Waals surface area contributed by atoms with Crippen molar-refractivity contribution in [2.75, 3.05) is 69.9 Å². The standard InChI is InChI=1S/C26H32N8O2.C5H12O.C2H6/c1-4-36-26(35)32-18-31-24-21(15-27-2)12-19(14-23(24)25-29-6-5-7-30-25)20-13-22(17-28-16-20)34-10-8-33(3)9-11-34;1-3-5-6-4-2;1-2/h5-7,12-14,16-17,31H,2,4,8-11,15,18H2,1,3H3,(H,32,35);3-5H2,1-2H3;1-2H3. The molecule has 1 fully saturated rings. The second-order valence-electron chi connectivity index (χ2n) is 9.68. The van der Waals surface area contributed by atoms with Crippen molar-refractivity contribution >= 4 is 24.2 Å². The number of hydrogen-bond acceptors (Lipinski definition) is 10. The number of aromatic nitrogens is 3. The quantitative estimate of drug-likeness (QED) is 0.151. The molecule has 1 aliphatic heterocycles. The lowest BCUT2D eigenvalue weighted by Gasteiger charge is -2.34. The highest BCUT2D eigenvalue weighted by Gasteiger charge is 2.18. The maximum atomic E-state index is 11.8. The molecule has 0 radical (unpaired) electrons. The molecule has 11 heteroatoms. The fourth-order valence-electron chi connectivity index (χ4n) is 4.44. The minimum Gasteiger partial charge on any atom is -0.450 e. The van der Waals surface area contributed by atoms with Gasteiger partial charge in [-0.25, -0.2) is 14.8 Å². The molecular weight excluding hydrogens is 556 g/mol. The minimum absolute atomic E-state index is 0.169. The number of rotatable bonds is 12. The number of aliphatic imine (C=N–C) groups is 1. The third-order valence-electron chi connectivity index (χ3n) is 6.56. The molecule has 1 aromatic carbocycles. The molecule has 1 amide bonds. The van der Waals surface area contributed by atoms with Crippen LogP contribution in [0, 0.1) is 0 Å². The number of nitrogens with zero attached hydrogens (tertiary/aromatic N) is 6. The summed E-state index contributed by atoms with van der Waals surface area (Å²) in [4.78, 5) is 34.1. The number of alkyl carbamates (subject to hydrolysis) is 1. The monoisotopic (exact) mass is 606 g/mol. The smallest absolute Gasteiger partial charge is 0.408 e. The molecule has 2 aromatic heterocycles. The lowest BCUT2D eigenvalue weighted by Crippen LogP contribution is -2.44. The molecule has 1 saturated heterocycles. The van der Waals surface area contributed by atoms with Gasteiger partial charge in [-0.3, -0.25) is 9.98 Å². The van der Waals surface area contributed by atoms with Crippen LogP contribution in [0.25, 0.3) is 22.5 Å². The number of nitrogens with one attached hydrogen (secondary N) is 2. The minimum atomic E-state index is -0.491. The van der Waals surface area contributed by atoms with Gasteiger partial charge in [-0.05, 0) is 69.4 Å². The van der Waals surface area contributed by atoms with Crippen LogP contribution in [-0.2, 0) is 16.0 Å². The number of carbonyl (C=O) groups is 1. The Labute approximate surface area is 263 Å². The molecule has 11 nitrogen and oxygen atoms in total. The zero-order valence-corrected chi connectivity index (χ0v) is 27.3. The molecule has 0 unspecified atom stereocenters. The topological polar surface area (TPSA) is 117 Å². The van der Waals surface area contributed by atoms with Gasteiger partial charge in [0.25, 0.3) is 0 Å². The summed E-state index contributed by atoms with van der Waals surface area (Å²) in [7, 11) is 2.15. The van der Waals surface area contributed by atoms with Gasteiger partial charge in [0, 0.05) is 69.1 Å². The highest BCUT2D eigenvalue weighted by atomic mass is 16.5. The predicted molar refractivity (Wildman–Crippen MR) is 180 cm³/mol. The van der Waals surface area contributed by atoms with Gasteiger partial charge < -0.3 is 29.9 Å². The summed E-state index contributed by atoms with van der Waals surface area (Å²) in [6, 6.07) is 8.06. The van der Waals surface area contributed by atoms with E-state index in [0.717, 1.165) is 79.4 Å². The van der Waals surface area contributed by atoms with E-state index in [-0.39, 0.29) is 6.67 Å². The molecule has 0 atom stereocenters. The highest BCUT2D eigenvalue weighted by Crippen LogP contribution is 2.35. The van der Waals surface area contributed by atoms with E-state index in [0.29, 0.717) is 19.0 Å². The molecule has 1 aliphatic rings. The largest absolute Gasteiger partial charge is 0.450 e. The summed E-state index contributed by atoms with van der Waals surface area (Å²) in [6.07, 6.45) is 7.83. The van der Waals surface area contributed by atoms with Gasteiger partial charge in [0.15, 0.2) is 5.82 Å². The van der Waals surface area contributed by atoms with E-state index in [4.69, 9.17) is 9.47 Å². The van der Waals surface area contributed by atoms with Gasteiger partial charge in [-0.2, -0.15) is 0 Å². The number of amides is 1. The van der Waals surface area contributed by atoms with Gasteiger partial charge in [0.05, 0.1) is 37.4 Å². The number of piperazine rings is 1. The Morgan fingerprint density at radius 3 is 2.34 bits per heavy atom. The van der Waals surface area contributed by atoms with Crippen LogP contribution in [0.2, 0.25) is 0 Å². The number of likely N-dealkylation sites (N-methyl/N-ethyl adjacent to an activating group) is 1. The molecule has 0 aliphatic carbocycles. The Balaban J connectivity index is 0.000000755. The third-order valence-corrected chi connectivity index (χ3v) is 6.56. The number of pyridine rings is 1. The van der Waals surface area contributed by atoms with Gasteiger partial charge in [-0.1, -0.05) is 20.8 Å². The number of hydrogen-bond donors (Lipinski definition) is 2. The van der Waals surface area contributed by atoms with Crippen LogP contribution in [0.3, 0.4) is 0 Å². The zero-order valence-electron chi connectivity index (χ0n) is 27.3. The van der Waals surface area contributed by atoms with Crippen molar-refractivity contribution in [1.29, 1.82) is 0 Å². The van der Waals surface area contributed by atoms with Crippen molar-refractivity contribution in [3.63, 3.8) is 0 Å². The lowest BCUT2D eigenvalue weighted by atomic mass is 9.97. The van der Waals surface area contributed by atoms with E-state index in [1.807, 2.05) is 39.2 Å². The van der Waals surface area contributed by atoms with Crippen LogP contribution in [0.4, 0.5) is 16.2 Å². The van der Waals surface area contributed by atoms with E-state index >= 15 is 0 Å². The number of benzene rings is 1. The van der Waals surface area contributed by atoms with Gasteiger partial charge >= 0.3 is 6.09 Å². The molecule has 3 aromatic rings. The first-order chi connectivity index (χ1) is 21.5. The highest BCUT2D eigenvalue weighted by molar-refractivity contribution is 5.83. The van der Waals surface area contributed by atoms with E-state index in [2.05, 4.69) is 73.2 Å². The van der Waals surface area contributed by atoms with Gasteiger partial charge in [0.1, 0.15) is 0 Å². The fourth-order valence-corrected chi connectivity index (χ4v) is 4.44. The van der Waals surface area contributed by atoms with Crippen LogP contribution in [0.1, 0.15) is 46.6 Å². The van der Waals surface area contributed by atoms with E-state index < -0.39 is 6.09 Å². The lowest BCUT2D eigenvalue weighted by molar-refractivity contribution is 0.148. The summed E-state index contributed by atoms with van der Waals surface area (Å²) in [6.45, 7) is 20.2. The van der Waals surface area contributed by atoms with Crippen LogP contribution in [0.15, 0.2) is 54.0 Å². The Bertz CT molecular complexity index is 1250. The Morgan fingerprint density at radius 1 is 1.00 bits per heavy atom. The molecule has 0 bridgehead atoms. The van der Waals surface area contributed by atoms with Crippen LogP contribution < -0.4 is 15.5 Å². The summed E-state index contributed by atoms with van der Waals surface area (Å²) in [5.41, 5.74) is 5.54. The maximum Gasteiger partial charge on any atom is 0.408 e. The molecule has 0 spiro atoms. The first-order valence-electron chi connectivity index (χ1n) is 15.5. The number of carbonyl (C=O) groups excluding carboxylic acids is 1.